The van der Waals surface area contributed by atoms with Gasteiger partial charge in [0, 0.05) is 43.9 Å². The zero-order valence-electron chi connectivity index (χ0n) is 16.9. The van der Waals surface area contributed by atoms with Crippen LogP contribution in [0.4, 0.5) is 5.82 Å². The summed E-state index contributed by atoms with van der Waals surface area (Å²) in [4.78, 5) is 8.98. The van der Waals surface area contributed by atoms with Crippen LogP contribution in [0.5, 0.6) is 5.75 Å². The summed E-state index contributed by atoms with van der Waals surface area (Å²) in [6.07, 6.45) is 1.30. The molecule has 0 amide bonds. The molecule has 1 aliphatic heterocycles. The number of aromatic nitrogens is 1. The normalized spacial score (nSPS) is 16.4. The summed E-state index contributed by atoms with van der Waals surface area (Å²) in [5, 5.41) is 11.2. The summed E-state index contributed by atoms with van der Waals surface area (Å²) in [6.45, 7) is 10.7. The number of benzene rings is 1. The van der Waals surface area contributed by atoms with Crippen LogP contribution in [0.2, 0.25) is 5.02 Å². The summed E-state index contributed by atoms with van der Waals surface area (Å²) < 4.78 is 5.97. The lowest BCUT2D eigenvalue weighted by Gasteiger charge is -2.36. The predicted octanol–water partition coefficient (Wildman–Crippen LogP) is 3.73. The molecule has 0 saturated carbocycles. The van der Waals surface area contributed by atoms with Gasteiger partial charge in [-0.2, -0.15) is 0 Å². The molecule has 6 heteroatoms. The van der Waals surface area contributed by atoms with Gasteiger partial charge in [-0.1, -0.05) is 31.5 Å². The molecule has 1 aliphatic rings. The van der Waals surface area contributed by atoms with Gasteiger partial charge in [-0.3, -0.25) is 4.90 Å². The molecule has 0 aliphatic carbocycles. The molecular weight excluding hydrogens is 374 g/mol. The highest BCUT2D eigenvalue weighted by atomic mass is 35.5. The third-order valence-electron chi connectivity index (χ3n) is 5.16. The molecule has 0 radical (unpaired) electrons. The number of pyridine rings is 1. The van der Waals surface area contributed by atoms with E-state index in [9.17, 15) is 5.11 Å². The van der Waals surface area contributed by atoms with Crippen molar-refractivity contribution in [2.75, 3.05) is 44.2 Å². The van der Waals surface area contributed by atoms with Crippen LogP contribution >= 0.6 is 11.6 Å². The molecule has 2 heterocycles. The monoisotopic (exact) mass is 403 g/mol. The number of β-amino-alcohol motifs (C(OH)–C–C–N with tert-alkyl or cyclic N) is 1. The fraction of sp³-hybridized carbons (Fsp3) is 0.500. The molecule has 1 saturated heterocycles. The largest absolute Gasteiger partial charge is 0.491 e. The molecule has 0 bridgehead atoms. The standard InChI is InChI=1S/C22H30ClN3O2/c1-16(2)19-13-20(23)17(3)12-21(19)28-15-18(27)14-25-8-10-26(11-9-25)22-6-4-5-7-24-22/h4-7,12-13,16,18,27H,8-11,14-15H2,1-3H3/t18-/m0/s1. The molecule has 5 nitrogen and oxygen atoms in total. The molecular formula is C22H30ClN3O2. The summed E-state index contributed by atoms with van der Waals surface area (Å²) in [5.41, 5.74) is 2.06. The van der Waals surface area contributed by atoms with Gasteiger partial charge in [0.1, 0.15) is 24.3 Å². The zero-order chi connectivity index (χ0) is 20.1. The van der Waals surface area contributed by atoms with Crippen molar-refractivity contribution >= 4 is 17.4 Å². The van der Waals surface area contributed by atoms with E-state index < -0.39 is 6.10 Å². The molecule has 2 aromatic rings. The summed E-state index contributed by atoms with van der Waals surface area (Å²) in [7, 11) is 0. The highest BCUT2D eigenvalue weighted by Crippen LogP contribution is 2.32. The first-order chi connectivity index (χ1) is 13.4. The Labute approximate surface area is 172 Å². The molecule has 1 aromatic carbocycles. The van der Waals surface area contributed by atoms with Gasteiger partial charge in [0.25, 0.3) is 0 Å². The van der Waals surface area contributed by atoms with Crippen LogP contribution in [0.1, 0.15) is 30.9 Å². The van der Waals surface area contributed by atoms with Gasteiger partial charge in [0.2, 0.25) is 0 Å². The lowest BCUT2D eigenvalue weighted by Crippen LogP contribution is -2.49. The van der Waals surface area contributed by atoms with Crippen LogP contribution in [0.3, 0.4) is 0 Å². The number of aryl methyl sites for hydroxylation is 1. The summed E-state index contributed by atoms with van der Waals surface area (Å²) in [6, 6.07) is 9.93. The molecule has 3 rings (SSSR count). The third kappa shape index (κ3) is 5.37. The van der Waals surface area contributed by atoms with Crippen molar-refractivity contribution in [1.29, 1.82) is 0 Å². The van der Waals surface area contributed by atoms with E-state index in [0.717, 1.165) is 53.9 Å². The van der Waals surface area contributed by atoms with E-state index in [4.69, 9.17) is 16.3 Å². The maximum atomic E-state index is 10.5. The van der Waals surface area contributed by atoms with E-state index in [-0.39, 0.29) is 6.61 Å². The topological polar surface area (TPSA) is 48.8 Å². The van der Waals surface area contributed by atoms with Gasteiger partial charge in [0.05, 0.1) is 0 Å². The Balaban J connectivity index is 1.49. The Morgan fingerprint density at radius 1 is 1.18 bits per heavy atom. The van der Waals surface area contributed by atoms with Crippen LogP contribution in [-0.4, -0.2) is 60.4 Å². The van der Waals surface area contributed by atoms with Gasteiger partial charge in [-0.05, 0) is 48.2 Å². The number of aliphatic hydroxyl groups is 1. The second-order valence-electron chi connectivity index (χ2n) is 7.73. The van der Waals surface area contributed by atoms with E-state index in [2.05, 4.69) is 28.6 Å². The molecule has 1 fully saturated rings. The molecule has 28 heavy (non-hydrogen) atoms. The fourth-order valence-electron chi connectivity index (χ4n) is 3.48. The van der Waals surface area contributed by atoms with E-state index in [1.54, 1.807) is 0 Å². The van der Waals surface area contributed by atoms with Crippen LogP contribution in [0, 0.1) is 6.92 Å². The summed E-state index contributed by atoms with van der Waals surface area (Å²) >= 11 is 6.26. The number of aliphatic hydroxyl groups excluding tert-OH is 1. The van der Waals surface area contributed by atoms with Gasteiger partial charge >= 0.3 is 0 Å². The number of nitrogens with zero attached hydrogens (tertiary/aromatic N) is 3. The molecule has 1 aromatic heterocycles. The van der Waals surface area contributed by atoms with E-state index in [0.29, 0.717) is 12.5 Å². The Bertz CT molecular complexity index is 762. The smallest absolute Gasteiger partial charge is 0.128 e. The molecule has 152 valence electrons. The number of piperazine rings is 1. The van der Waals surface area contributed by atoms with Gasteiger partial charge < -0.3 is 14.7 Å². The Kier molecular flexibility index (Phi) is 7.16. The maximum Gasteiger partial charge on any atom is 0.128 e. The lowest BCUT2D eigenvalue weighted by molar-refractivity contribution is 0.0658. The number of hydrogen-bond acceptors (Lipinski definition) is 5. The van der Waals surface area contributed by atoms with Crippen molar-refractivity contribution in [1.82, 2.24) is 9.88 Å². The first-order valence-electron chi connectivity index (χ1n) is 9.93. The minimum atomic E-state index is -0.530. The van der Waals surface area contributed by atoms with E-state index >= 15 is 0 Å². The van der Waals surface area contributed by atoms with Crippen molar-refractivity contribution in [3.63, 3.8) is 0 Å². The number of rotatable bonds is 7. The first kappa shape index (κ1) is 20.9. The Morgan fingerprint density at radius 3 is 2.57 bits per heavy atom. The highest BCUT2D eigenvalue weighted by molar-refractivity contribution is 6.31. The van der Waals surface area contributed by atoms with Gasteiger partial charge in [-0.15, -0.1) is 0 Å². The second-order valence-corrected chi connectivity index (χ2v) is 8.14. The van der Waals surface area contributed by atoms with Crippen molar-refractivity contribution in [3.8, 4) is 5.75 Å². The molecule has 1 atom stereocenters. The van der Waals surface area contributed by atoms with Crippen LogP contribution in [0.25, 0.3) is 0 Å². The predicted molar refractivity (Wildman–Crippen MR) is 115 cm³/mol. The van der Waals surface area contributed by atoms with Crippen molar-refractivity contribution in [2.45, 2.75) is 32.8 Å². The Hall–Kier alpha value is -1.82. The van der Waals surface area contributed by atoms with Crippen LogP contribution in [0.15, 0.2) is 36.5 Å². The second kappa shape index (κ2) is 9.59. The van der Waals surface area contributed by atoms with E-state index in [1.807, 2.05) is 43.5 Å². The van der Waals surface area contributed by atoms with Crippen LogP contribution < -0.4 is 9.64 Å². The molecule has 1 N–H and O–H groups in total. The number of hydrogen-bond donors (Lipinski definition) is 1. The third-order valence-corrected chi connectivity index (χ3v) is 5.57. The fourth-order valence-corrected chi connectivity index (χ4v) is 3.66. The lowest BCUT2D eigenvalue weighted by atomic mass is 10.0. The number of halogens is 1. The minimum absolute atomic E-state index is 0.279. The average molecular weight is 404 g/mol. The van der Waals surface area contributed by atoms with Crippen LogP contribution in [-0.2, 0) is 0 Å². The molecule has 0 spiro atoms. The van der Waals surface area contributed by atoms with Crippen molar-refractivity contribution in [3.05, 3.63) is 52.7 Å². The van der Waals surface area contributed by atoms with Gasteiger partial charge in [0.15, 0.2) is 0 Å². The van der Waals surface area contributed by atoms with Gasteiger partial charge in [-0.25, -0.2) is 4.98 Å². The minimum Gasteiger partial charge on any atom is -0.491 e. The zero-order valence-corrected chi connectivity index (χ0v) is 17.7. The quantitative estimate of drug-likeness (QED) is 0.763. The first-order valence-corrected chi connectivity index (χ1v) is 10.3. The van der Waals surface area contributed by atoms with E-state index in [1.165, 1.54) is 0 Å². The SMILES string of the molecule is Cc1cc(OC[C@@H](O)CN2CCN(c3ccccn3)CC2)c(C(C)C)cc1Cl. The average Bonchev–Trinajstić information content (AvgIpc) is 2.69. The molecule has 0 unspecified atom stereocenters. The number of anilines is 1. The van der Waals surface area contributed by atoms with Crippen molar-refractivity contribution in [2.24, 2.45) is 0 Å². The maximum absolute atomic E-state index is 10.5. The Morgan fingerprint density at radius 2 is 1.93 bits per heavy atom. The number of ether oxygens (including phenoxy) is 1. The highest BCUT2D eigenvalue weighted by Gasteiger charge is 2.21. The summed E-state index contributed by atoms with van der Waals surface area (Å²) in [5.74, 6) is 2.14. The van der Waals surface area contributed by atoms with Crippen molar-refractivity contribution < 1.29 is 9.84 Å².